The molecule has 3 aromatic rings. The Morgan fingerprint density at radius 2 is 1.75 bits per heavy atom. The van der Waals surface area contributed by atoms with Crippen molar-refractivity contribution in [1.82, 2.24) is 5.32 Å². The third-order valence-electron chi connectivity index (χ3n) is 4.01. The van der Waals surface area contributed by atoms with Crippen LogP contribution in [0.5, 0.6) is 0 Å². The molecular weight excluding hydrogens is 325 g/mol. The summed E-state index contributed by atoms with van der Waals surface area (Å²) in [5.41, 5.74) is 2.25. The summed E-state index contributed by atoms with van der Waals surface area (Å²) in [5, 5.41) is 4.18. The van der Waals surface area contributed by atoms with E-state index in [1.807, 2.05) is 48.5 Å². The Bertz CT molecular complexity index is 738. The summed E-state index contributed by atoms with van der Waals surface area (Å²) in [5.74, 6) is 0.783. The second-order valence-corrected chi connectivity index (χ2v) is 6.15. The molecule has 0 aliphatic heterocycles. The average molecular weight is 344 g/mol. The molecule has 0 radical (unpaired) electrons. The van der Waals surface area contributed by atoms with Gasteiger partial charge in [0.2, 0.25) is 0 Å². The zero-order valence-electron chi connectivity index (χ0n) is 13.2. The lowest BCUT2D eigenvalue weighted by atomic mass is 9.93. The van der Waals surface area contributed by atoms with E-state index < -0.39 is 0 Å². The highest BCUT2D eigenvalue weighted by molar-refractivity contribution is 6.30. The van der Waals surface area contributed by atoms with Gasteiger partial charge in [-0.15, -0.1) is 0 Å². The quantitative estimate of drug-likeness (QED) is 0.582. The largest absolute Gasteiger partial charge is 0.469 e. The number of nitrogens with one attached hydrogen (secondary N) is 1. The van der Waals surface area contributed by atoms with Crippen LogP contribution in [0.25, 0.3) is 0 Å². The van der Waals surface area contributed by atoms with E-state index in [-0.39, 0.29) is 11.7 Å². The number of hydrogen-bond acceptors (Lipinski definition) is 2. The van der Waals surface area contributed by atoms with Gasteiger partial charge in [0, 0.05) is 17.5 Å². The topological polar surface area (TPSA) is 25.2 Å². The first-order valence-electron chi connectivity index (χ1n) is 7.96. The molecule has 0 aliphatic carbocycles. The molecule has 0 fully saturated rings. The van der Waals surface area contributed by atoms with Crippen LogP contribution in [0.15, 0.2) is 71.3 Å². The molecule has 124 valence electrons. The van der Waals surface area contributed by atoms with Crippen LogP contribution in [-0.4, -0.2) is 6.54 Å². The lowest BCUT2D eigenvalue weighted by Gasteiger charge is -2.16. The molecule has 0 aliphatic rings. The highest BCUT2D eigenvalue weighted by atomic mass is 35.5. The number of halogens is 2. The zero-order chi connectivity index (χ0) is 16.8. The van der Waals surface area contributed by atoms with E-state index in [0.717, 1.165) is 35.9 Å². The van der Waals surface area contributed by atoms with Gasteiger partial charge in [-0.1, -0.05) is 35.9 Å². The standard InChI is InChI=1S/C20H19ClFNO/c21-17-7-3-15(4-8-17)14-23-12-11-19(20-2-1-13-24-20)16-5-9-18(22)10-6-16/h1-10,13,19,23H,11-12,14H2/t19-/m0/s1. The van der Waals surface area contributed by atoms with Crippen LogP contribution < -0.4 is 5.32 Å². The summed E-state index contributed by atoms with van der Waals surface area (Å²) < 4.78 is 18.7. The molecule has 0 saturated carbocycles. The van der Waals surface area contributed by atoms with Crippen LogP contribution in [-0.2, 0) is 6.54 Å². The van der Waals surface area contributed by atoms with Gasteiger partial charge in [-0.2, -0.15) is 0 Å². The fourth-order valence-electron chi connectivity index (χ4n) is 2.74. The molecule has 1 atom stereocenters. The van der Waals surface area contributed by atoms with Crippen molar-refractivity contribution in [1.29, 1.82) is 0 Å². The number of hydrogen-bond donors (Lipinski definition) is 1. The summed E-state index contributed by atoms with van der Waals surface area (Å²) in [6, 6.07) is 18.3. The minimum atomic E-state index is -0.224. The number of rotatable bonds is 7. The molecule has 4 heteroatoms. The fourth-order valence-corrected chi connectivity index (χ4v) is 2.87. The average Bonchev–Trinajstić information content (AvgIpc) is 3.12. The van der Waals surface area contributed by atoms with Gasteiger partial charge >= 0.3 is 0 Å². The van der Waals surface area contributed by atoms with Crippen molar-refractivity contribution >= 4 is 11.6 Å². The molecule has 1 heterocycles. The molecule has 24 heavy (non-hydrogen) atoms. The van der Waals surface area contributed by atoms with Crippen molar-refractivity contribution < 1.29 is 8.81 Å². The Balaban J connectivity index is 1.60. The zero-order valence-corrected chi connectivity index (χ0v) is 14.0. The third-order valence-corrected chi connectivity index (χ3v) is 4.26. The van der Waals surface area contributed by atoms with Crippen LogP contribution in [0.2, 0.25) is 5.02 Å². The highest BCUT2D eigenvalue weighted by Crippen LogP contribution is 2.28. The maximum Gasteiger partial charge on any atom is 0.123 e. The smallest absolute Gasteiger partial charge is 0.123 e. The Morgan fingerprint density at radius 3 is 2.42 bits per heavy atom. The van der Waals surface area contributed by atoms with Crippen LogP contribution >= 0.6 is 11.6 Å². The van der Waals surface area contributed by atoms with Gasteiger partial charge in [0.25, 0.3) is 0 Å². The molecule has 0 unspecified atom stereocenters. The van der Waals surface area contributed by atoms with E-state index >= 15 is 0 Å². The minimum Gasteiger partial charge on any atom is -0.469 e. The van der Waals surface area contributed by atoms with Crippen LogP contribution in [0, 0.1) is 5.82 Å². The molecule has 3 rings (SSSR count). The summed E-state index contributed by atoms with van der Waals surface area (Å²) in [4.78, 5) is 0. The Morgan fingerprint density at radius 1 is 1.00 bits per heavy atom. The first-order valence-corrected chi connectivity index (χ1v) is 8.34. The van der Waals surface area contributed by atoms with E-state index in [4.69, 9.17) is 16.0 Å². The summed E-state index contributed by atoms with van der Waals surface area (Å²) in [6.07, 6.45) is 2.54. The third kappa shape index (κ3) is 4.47. The van der Waals surface area contributed by atoms with Gasteiger partial charge in [0.1, 0.15) is 11.6 Å². The number of benzene rings is 2. The molecule has 2 aromatic carbocycles. The monoisotopic (exact) mass is 343 g/mol. The Labute approximate surface area is 146 Å². The van der Waals surface area contributed by atoms with Crippen molar-refractivity contribution in [3.05, 3.63) is 94.7 Å². The SMILES string of the molecule is Fc1ccc([C@H](CCNCc2ccc(Cl)cc2)c2ccco2)cc1. The van der Waals surface area contributed by atoms with Gasteiger partial charge < -0.3 is 9.73 Å². The molecule has 0 saturated heterocycles. The van der Waals surface area contributed by atoms with Crippen LogP contribution in [0.3, 0.4) is 0 Å². The second-order valence-electron chi connectivity index (χ2n) is 5.71. The lowest BCUT2D eigenvalue weighted by molar-refractivity contribution is 0.466. The fraction of sp³-hybridized carbons (Fsp3) is 0.200. The van der Waals surface area contributed by atoms with Crippen molar-refractivity contribution in [2.75, 3.05) is 6.54 Å². The maximum absolute atomic E-state index is 13.2. The van der Waals surface area contributed by atoms with Gasteiger partial charge in [-0.3, -0.25) is 0 Å². The van der Waals surface area contributed by atoms with E-state index in [0.29, 0.717) is 0 Å². The van der Waals surface area contributed by atoms with Crippen LogP contribution in [0.4, 0.5) is 4.39 Å². The van der Waals surface area contributed by atoms with Gasteiger partial charge in [-0.25, -0.2) is 4.39 Å². The summed E-state index contributed by atoms with van der Waals surface area (Å²) in [6.45, 7) is 1.61. The van der Waals surface area contributed by atoms with E-state index in [1.54, 1.807) is 6.26 Å². The molecule has 2 nitrogen and oxygen atoms in total. The maximum atomic E-state index is 13.2. The van der Waals surface area contributed by atoms with Gasteiger partial charge in [0.15, 0.2) is 0 Å². The van der Waals surface area contributed by atoms with Crippen molar-refractivity contribution in [3.63, 3.8) is 0 Å². The van der Waals surface area contributed by atoms with Gasteiger partial charge in [-0.05, 0) is 60.5 Å². The highest BCUT2D eigenvalue weighted by Gasteiger charge is 2.16. The first kappa shape index (κ1) is 16.7. The van der Waals surface area contributed by atoms with Crippen molar-refractivity contribution in [2.45, 2.75) is 18.9 Å². The van der Waals surface area contributed by atoms with Crippen LogP contribution in [0.1, 0.15) is 29.2 Å². The first-order chi connectivity index (χ1) is 11.7. The Hall–Kier alpha value is -2.10. The van der Waals surface area contributed by atoms with Crippen molar-refractivity contribution in [2.24, 2.45) is 0 Å². The van der Waals surface area contributed by atoms with E-state index in [9.17, 15) is 4.39 Å². The lowest BCUT2D eigenvalue weighted by Crippen LogP contribution is -2.17. The molecule has 1 N–H and O–H groups in total. The predicted octanol–water partition coefficient (Wildman–Crippen LogP) is 5.38. The molecule has 0 bridgehead atoms. The normalized spacial score (nSPS) is 12.2. The summed E-state index contributed by atoms with van der Waals surface area (Å²) >= 11 is 5.89. The number of furan rings is 1. The summed E-state index contributed by atoms with van der Waals surface area (Å²) in [7, 11) is 0. The van der Waals surface area contributed by atoms with E-state index in [2.05, 4.69) is 5.32 Å². The van der Waals surface area contributed by atoms with Gasteiger partial charge in [0.05, 0.1) is 6.26 Å². The molecular formula is C20H19ClFNO. The van der Waals surface area contributed by atoms with Crippen molar-refractivity contribution in [3.8, 4) is 0 Å². The molecule has 0 spiro atoms. The Kier molecular flexibility index (Phi) is 5.68. The second kappa shape index (κ2) is 8.13. The predicted molar refractivity (Wildman–Crippen MR) is 94.7 cm³/mol. The minimum absolute atomic E-state index is 0.110. The molecule has 1 aromatic heterocycles. The molecule has 0 amide bonds. The van der Waals surface area contributed by atoms with E-state index in [1.165, 1.54) is 17.7 Å².